The van der Waals surface area contributed by atoms with E-state index in [0.717, 1.165) is 25.9 Å². The van der Waals surface area contributed by atoms with Crippen molar-refractivity contribution in [3.63, 3.8) is 0 Å². The number of nitrogens with one attached hydrogen (secondary N) is 1. The summed E-state index contributed by atoms with van der Waals surface area (Å²) in [7, 11) is 0. The van der Waals surface area contributed by atoms with E-state index in [9.17, 15) is 9.59 Å². The average molecular weight is 238 g/mol. The van der Waals surface area contributed by atoms with Crippen LogP contribution in [0.25, 0.3) is 0 Å². The Morgan fingerprint density at radius 1 is 1.12 bits per heavy atom. The van der Waals surface area contributed by atoms with Crippen molar-refractivity contribution in [2.45, 2.75) is 45.6 Å². The zero-order valence-electron chi connectivity index (χ0n) is 10.7. The van der Waals surface area contributed by atoms with Gasteiger partial charge in [0.1, 0.15) is 0 Å². The average Bonchev–Trinajstić information content (AvgIpc) is 2.29. The first-order chi connectivity index (χ1) is 8.09. The number of nitrogens with zero attached hydrogens (tertiary/aromatic N) is 1. The summed E-state index contributed by atoms with van der Waals surface area (Å²) in [5.74, 6) is 0.754. The van der Waals surface area contributed by atoms with Crippen molar-refractivity contribution < 1.29 is 9.59 Å². The number of hydrogen-bond donors (Lipinski definition) is 1. The lowest BCUT2D eigenvalue weighted by atomic mass is 9.85. The Morgan fingerprint density at radius 3 is 2.12 bits per heavy atom. The topological polar surface area (TPSA) is 49.4 Å². The summed E-state index contributed by atoms with van der Waals surface area (Å²) in [5, 5.41) is 3.26. The molecule has 0 saturated carbocycles. The van der Waals surface area contributed by atoms with Gasteiger partial charge in [-0.15, -0.1) is 0 Å². The van der Waals surface area contributed by atoms with Gasteiger partial charge in [0.15, 0.2) is 0 Å². The first-order valence-electron chi connectivity index (χ1n) is 6.65. The Labute approximate surface area is 103 Å². The van der Waals surface area contributed by atoms with Crippen molar-refractivity contribution in [1.29, 1.82) is 0 Å². The van der Waals surface area contributed by atoms with Crippen LogP contribution in [0.2, 0.25) is 0 Å². The van der Waals surface area contributed by atoms with Crippen LogP contribution in [0, 0.1) is 11.8 Å². The highest BCUT2D eigenvalue weighted by Crippen LogP contribution is 2.29. The molecule has 0 aromatic carbocycles. The van der Waals surface area contributed by atoms with E-state index < -0.39 is 0 Å². The van der Waals surface area contributed by atoms with E-state index >= 15 is 0 Å². The lowest BCUT2D eigenvalue weighted by molar-refractivity contribution is -0.154. The maximum absolute atomic E-state index is 12.1. The van der Waals surface area contributed by atoms with Gasteiger partial charge in [0.25, 0.3) is 0 Å². The lowest BCUT2D eigenvalue weighted by Gasteiger charge is -2.38. The summed E-state index contributed by atoms with van der Waals surface area (Å²) in [6, 6.07) is 0.143. The number of hydrogen-bond acceptors (Lipinski definition) is 3. The predicted octanol–water partition coefficient (Wildman–Crippen LogP) is 1.16. The second-order valence-electron chi connectivity index (χ2n) is 5.55. The fourth-order valence-corrected chi connectivity index (χ4v) is 2.80. The number of likely N-dealkylation sites (tertiary alicyclic amines) is 1. The summed E-state index contributed by atoms with van der Waals surface area (Å²) >= 11 is 0. The Morgan fingerprint density at radius 2 is 1.65 bits per heavy atom. The van der Waals surface area contributed by atoms with Crippen LogP contribution in [0.15, 0.2) is 0 Å². The van der Waals surface area contributed by atoms with Gasteiger partial charge < -0.3 is 5.32 Å². The van der Waals surface area contributed by atoms with E-state index in [0.29, 0.717) is 18.8 Å². The van der Waals surface area contributed by atoms with Crippen molar-refractivity contribution in [1.82, 2.24) is 10.2 Å². The van der Waals surface area contributed by atoms with Gasteiger partial charge in [0, 0.05) is 18.9 Å². The molecule has 4 nitrogen and oxygen atoms in total. The van der Waals surface area contributed by atoms with Gasteiger partial charge in [-0.05, 0) is 37.8 Å². The van der Waals surface area contributed by atoms with E-state index in [-0.39, 0.29) is 23.8 Å². The third-order valence-corrected chi connectivity index (χ3v) is 4.03. The molecule has 2 aliphatic rings. The first kappa shape index (κ1) is 12.6. The third-order valence-electron chi connectivity index (χ3n) is 4.03. The van der Waals surface area contributed by atoms with E-state index in [1.165, 1.54) is 0 Å². The van der Waals surface area contributed by atoms with Crippen LogP contribution in [-0.2, 0) is 9.59 Å². The SMILES string of the molecule is CC(C)C1CC(=O)N(C2CCNCC2)C(=O)C1. The molecule has 2 saturated heterocycles. The molecule has 0 radical (unpaired) electrons. The van der Waals surface area contributed by atoms with Crippen LogP contribution in [0.1, 0.15) is 39.5 Å². The zero-order chi connectivity index (χ0) is 12.4. The number of piperidine rings is 2. The standard InChI is InChI=1S/C13H22N2O2/c1-9(2)10-7-12(16)15(13(17)8-10)11-3-5-14-6-4-11/h9-11,14H,3-8H2,1-2H3. The minimum absolute atomic E-state index is 0.0480. The minimum atomic E-state index is 0.0480. The molecule has 0 aromatic heterocycles. The Kier molecular flexibility index (Phi) is 3.82. The molecule has 0 unspecified atom stereocenters. The molecule has 2 fully saturated rings. The number of carbonyl (C=O) groups excluding carboxylic acids is 2. The molecule has 0 aliphatic carbocycles. The monoisotopic (exact) mass is 238 g/mol. The van der Waals surface area contributed by atoms with Gasteiger partial charge in [-0.1, -0.05) is 13.8 Å². The summed E-state index contributed by atoms with van der Waals surface area (Å²) < 4.78 is 0. The fourth-order valence-electron chi connectivity index (χ4n) is 2.80. The maximum Gasteiger partial charge on any atom is 0.229 e. The van der Waals surface area contributed by atoms with Crippen LogP contribution >= 0.6 is 0 Å². The van der Waals surface area contributed by atoms with Crippen molar-refractivity contribution in [2.75, 3.05) is 13.1 Å². The van der Waals surface area contributed by atoms with Crippen LogP contribution in [0.5, 0.6) is 0 Å². The minimum Gasteiger partial charge on any atom is -0.317 e. The fraction of sp³-hybridized carbons (Fsp3) is 0.846. The Hall–Kier alpha value is -0.900. The smallest absolute Gasteiger partial charge is 0.229 e. The van der Waals surface area contributed by atoms with Gasteiger partial charge in [0.05, 0.1) is 0 Å². The summed E-state index contributed by atoms with van der Waals surface area (Å²) in [6.45, 7) is 6.00. The van der Waals surface area contributed by atoms with Gasteiger partial charge >= 0.3 is 0 Å². The Bertz CT molecular complexity index is 291. The molecule has 4 heteroatoms. The number of amides is 2. The molecule has 17 heavy (non-hydrogen) atoms. The normalized spacial score (nSPS) is 24.8. The van der Waals surface area contributed by atoms with E-state index in [4.69, 9.17) is 0 Å². The molecular formula is C13H22N2O2. The molecule has 0 aromatic rings. The zero-order valence-corrected chi connectivity index (χ0v) is 10.7. The highest BCUT2D eigenvalue weighted by Gasteiger charge is 2.37. The number of carbonyl (C=O) groups is 2. The Balaban J connectivity index is 2.04. The maximum atomic E-state index is 12.1. The van der Waals surface area contributed by atoms with Gasteiger partial charge in [-0.3, -0.25) is 14.5 Å². The highest BCUT2D eigenvalue weighted by molar-refractivity contribution is 5.98. The molecular weight excluding hydrogens is 216 g/mol. The van der Waals surface area contributed by atoms with Crippen LogP contribution in [0.4, 0.5) is 0 Å². The largest absolute Gasteiger partial charge is 0.317 e. The van der Waals surface area contributed by atoms with Crippen molar-refractivity contribution >= 4 is 11.8 Å². The summed E-state index contributed by atoms with van der Waals surface area (Å²) in [4.78, 5) is 25.8. The predicted molar refractivity (Wildman–Crippen MR) is 65.3 cm³/mol. The van der Waals surface area contributed by atoms with E-state index in [1.807, 2.05) is 0 Å². The lowest BCUT2D eigenvalue weighted by Crippen LogP contribution is -2.52. The molecule has 1 N–H and O–H groups in total. The summed E-state index contributed by atoms with van der Waals surface area (Å²) in [6.07, 6.45) is 2.91. The van der Waals surface area contributed by atoms with Gasteiger partial charge in [-0.25, -0.2) is 0 Å². The van der Waals surface area contributed by atoms with E-state index in [2.05, 4.69) is 19.2 Å². The van der Waals surface area contributed by atoms with Crippen LogP contribution in [0.3, 0.4) is 0 Å². The first-order valence-corrected chi connectivity index (χ1v) is 6.65. The molecule has 2 amide bonds. The molecule has 0 bridgehead atoms. The van der Waals surface area contributed by atoms with Crippen LogP contribution < -0.4 is 5.32 Å². The molecule has 2 aliphatic heterocycles. The molecule has 0 spiro atoms. The van der Waals surface area contributed by atoms with Gasteiger partial charge in [-0.2, -0.15) is 0 Å². The quantitative estimate of drug-likeness (QED) is 0.734. The second kappa shape index (κ2) is 5.17. The van der Waals surface area contributed by atoms with Gasteiger partial charge in [0.2, 0.25) is 11.8 Å². The van der Waals surface area contributed by atoms with E-state index in [1.54, 1.807) is 4.90 Å². The molecule has 96 valence electrons. The number of imide groups is 1. The number of rotatable bonds is 2. The molecule has 2 rings (SSSR count). The van der Waals surface area contributed by atoms with Crippen molar-refractivity contribution in [3.05, 3.63) is 0 Å². The highest BCUT2D eigenvalue weighted by atomic mass is 16.2. The third kappa shape index (κ3) is 2.68. The van der Waals surface area contributed by atoms with Crippen LogP contribution in [-0.4, -0.2) is 35.8 Å². The molecule has 2 heterocycles. The van der Waals surface area contributed by atoms with Crippen molar-refractivity contribution in [3.8, 4) is 0 Å². The summed E-state index contributed by atoms with van der Waals surface area (Å²) in [5.41, 5.74) is 0. The van der Waals surface area contributed by atoms with Crippen molar-refractivity contribution in [2.24, 2.45) is 11.8 Å². The molecule has 0 atom stereocenters. The second-order valence-corrected chi connectivity index (χ2v) is 5.55.